The lowest BCUT2D eigenvalue weighted by Gasteiger charge is -2.37. The van der Waals surface area contributed by atoms with E-state index in [0.717, 1.165) is 0 Å². The highest BCUT2D eigenvalue weighted by atomic mass is 16.5. The van der Waals surface area contributed by atoms with Gasteiger partial charge < -0.3 is 14.2 Å². The fourth-order valence-corrected chi connectivity index (χ4v) is 2.50. The van der Waals surface area contributed by atoms with Crippen LogP contribution >= 0.6 is 0 Å². The van der Waals surface area contributed by atoms with Crippen molar-refractivity contribution in [2.75, 3.05) is 33.8 Å². The quantitative estimate of drug-likeness (QED) is 0.797. The van der Waals surface area contributed by atoms with Crippen molar-refractivity contribution >= 4 is 5.91 Å². The Labute approximate surface area is 133 Å². The van der Waals surface area contributed by atoms with Crippen LogP contribution in [0.5, 0.6) is 5.88 Å². The molecule has 1 aliphatic heterocycles. The Kier molecular flexibility index (Phi) is 4.20. The van der Waals surface area contributed by atoms with Crippen molar-refractivity contribution in [1.29, 1.82) is 0 Å². The Morgan fingerprint density at radius 1 is 1.39 bits per heavy atom. The van der Waals surface area contributed by atoms with Crippen LogP contribution in [0.1, 0.15) is 28.2 Å². The number of rotatable bonds is 3. The third-order valence-corrected chi connectivity index (χ3v) is 3.83. The van der Waals surface area contributed by atoms with Gasteiger partial charge in [-0.05, 0) is 14.0 Å². The topological polar surface area (TPSA) is 97.5 Å². The lowest BCUT2D eigenvalue weighted by atomic mass is 10.1. The lowest BCUT2D eigenvalue weighted by Crippen LogP contribution is -2.49. The fourth-order valence-electron chi connectivity index (χ4n) is 2.50. The van der Waals surface area contributed by atoms with E-state index in [1.165, 1.54) is 19.5 Å². The minimum Gasteiger partial charge on any atom is -0.481 e. The predicted octanol–water partition coefficient (Wildman–Crippen LogP) is 0.306. The second kappa shape index (κ2) is 6.29. The molecule has 3 heterocycles. The highest BCUT2D eigenvalue weighted by Gasteiger charge is 2.32. The highest BCUT2D eigenvalue weighted by molar-refractivity contribution is 5.92. The maximum atomic E-state index is 12.7. The van der Waals surface area contributed by atoms with Crippen LogP contribution in [0.4, 0.5) is 0 Å². The van der Waals surface area contributed by atoms with Crippen molar-refractivity contribution in [3.8, 4) is 5.88 Å². The molecule has 3 rings (SSSR count). The monoisotopic (exact) mass is 318 g/mol. The number of methoxy groups -OCH3 is 1. The third-order valence-electron chi connectivity index (χ3n) is 3.83. The maximum absolute atomic E-state index is 12.7. The molecule has 9 nitrogen and oxygen atoms in total. The Morgan fingerprint density at radius 3 is 2.91 bits per heavy atom. The summed E-state index contributed by atoms with van der Waals surface area (Å²) >= 11 is 0. The van der Waals surface area contributed by atoms with Crippen molar-refractivity contribution in [3.05, 3.63) is 29.8 Å². The van der Waals surface area contributed by atoms with Crippen LogP contribution in [0.3, 0.4) is 0 Å². The molecule has 0 aliphatic carbocycles. The number of carbonyl (C=O) groups excluding carboxylic acids is 1. The van der Waals surface area contributed by atoms with E-state index in [4.69, 9.17) is 9.26 Å². The SMILES string of the molecule is COc1cc(C(=O)N2CCN(C)[C@H](c3nc(C)no3)C2)ncn1. The number of nitrogens with zero attached hydrogens (tertiary/aromatic N) is 6. The summed E-state index contributed by atoms with van der Waals surface area (Å²) in [5, 5.41) is 3.82. The molecular formula is C14H18N6O3. The summed E-state index contributed by atoms with van der Waals surface area (Å²) in [7, 11) is 3.47. The van der Waals surface area contributed by atoms with Gasteiger partial charge in [0.2, 0.25) is 11.8 Å². The van der Waals surface area contributed by atoms with Crippen molar-refractivity contribution in [3.63, 3.8) is 0 Å². The molecule has 0 saturated carbocycles. The normalized spacial score (nSPS) is 18.9. The highest BCUT2D eigenvalue weighted by Crippen LogP contribution is 2.23. The zero-order valence-electron chi connectivity index (χ0n) is 13.3. The largest absolute Gasteiger partial charge is 0.481 e. The van der Waals surface area contributed by atoms with E-state index in [0.29, 0.717) is 42.9 Å². The molecule has 0 unspecified atom stereocenters. The molecule has 1 saturated heterocycles. The second-order valence-electron chi connectivity index (χ2n) is 5.37. The molecule has 1 fully saturated rings. The first-order valence-corrected chi connectivity index (χ1v) is 7.24. The van der Waals surface area contributed by atoms with E-state index in [1.54, 1.807) is 11.8 Å². The van der Waals surface area contributed by atoms with Gasteiger partial charge >= 0.3 is 0 Å². The van der Waals surface area contributed by atoms with E-state index in [2.05, 4.69) is 25.0 Å². The summed E-state index contributed by atoms with van der Waals surface area (Å²) in [4.78, 5) is 28.7. The molecule has 1 aliphatic rings. The summed E-state index contributed by atoms with van der Waals surface area (Å²) < 4.78 is 10.3. The Morgan fingerprint density at radius 2 is 2.22 bits per heavy atom. The molecule has 0 spiro atoms. The molecule has 2 aromatic heterocycles. The van der Waals surface area contributed by atoms with Crippen LogP contribution in [0.25, 0.3) is 0 Å². The molecule has 0 aromatic carbocycles. The average molecular weight is 318 g/mol. The predicted molar refractivity (Wildman–Crippen MR) is 78.9 cm³/mol. The zero-order chi connectivity index (χ0) is 16.4. The maximum Gasteiger partial charge on any atom is 0.272 e. The van der Waals surface area contributed by atoms with Crippen LogP contribution in [0, 0.1) is 6.92 Å². The number of carbonyl (C=O) groups is 1. The van der Waals surface area contributed by atoms with Crippen molar-refractivity contribution < 1.29 is 14.1 Å². The van der Waals surface area contributed by atoms with Gasteiger partial charge in [-0.2, -0.15) is 4.98 Å². The molecule has 9 heteroatoms. The number of aromatic nitrogens is 4. The van der Waals surface area contributed by atoms with E-state index < -0.39 is 0 Å². The summed E-state index contributed by atoms with van der Waals surface area (Å²) in [6, 6.07) is 1.41. The summed E-state index contributed by atoms with van der Waals surface area (Å²) in [6.07, 6.45) is 1.32. The fraction of sp³-hybridized carbons (Fsp3) is 0.500. The number of hydrogen-bond donors (Lipinski definition) is 0. The van der Waals surface area contributed by atoms with Gasteiger partial charge in [0.05, 0.1) is 7.11 Å². The lowest BCUT2D eigenvalue weighted by molar-refractivity contribution is 0.0483. The van der Waals surface area contributed by atoms with E-state index >= 15 is 0 Å². The minimum atomic E-state index is -0.167. The molecule has 2 aromatic rings. The first-order chi connectivity index (χ1) is 11.1. The van der Waals surface area contributed by atoms with Crippen LogP contribution in [-0.4, -0.2) is 69.6 Å². The Balaban J connectivity index is 1.78. The number of likely N-dealkylation sites (N-methyl/N-ethyl adjacent to an activating group) is 1. The third kappa shape index (κ3) is 3.14. The molecule has 122 valence electrons. The average Bonchev–Trinajstić information content (AvgIpc) is 3.01. The zero-order valence-corrected chi connectivity index (χ0v) is 13.3. The number of amides is 1. The van der Waals surface area contributed by atoms with E-state index in [1.807, 2.05) is 7.05 Å². The Bertz CT molecular complexity index is 703. The van der Waals surface area contributed by atoms with Gasteiger partial charge in [-0.1, -0.05) is 5.16 Å². The molecule has 1 amide bonds. The van der Waals surface area contributed by atoms with E-state index in [-0.39, 0.29) is 11.9 Å². The summed E-state index contributed by atoms with van der Waals surface area (Å²) in [6.45, 7) is 3.54. The van der Waals surface area contributed by atoms with Crippen LogP contribution in [-0.2, 0) is 0 Å². The van der Waals surface area contributed by atoms with Crippen molar-refractivity contribution in [1.82, 2.24) is 29.9 Å². The van der Waals surface area contributed by atoms with Crippen LogP contribution in [0.15, 0.2) is 16.9 Å². The molecule has 0 radical (unpaired) electrons. The van der Waals surface area contributed by atoms with Crippen molar-refractivity contribution in [2.24, 2.45) is 0 Å². The van der Waals surface area contributed by atoms with Gasteiger partial charge in [0.15, 0.2) is 5.82 Å². The minimum absolute atomic E-state index is 0.127. The number of aryl methyl sites for hydroxylation is 1. The number of ether oxygens (including phenoxy) is 1. The molecule has 23 heavy (non-hydrogen) atoms. The molecule has 1 atom stereocenters. The van der Waals surface area contributed by atoms with Gasteiger partial charge in [0, 0.05) is 25.7 Å². The number of hydrogen-bond acceptors (Lipinski definition) is 8. The molecule has 0 bridgehead atoms. The van der Waals surface area contributed by atoms with Gasteiger partial charge in [-0.3, -0.25) is 9.69 Å². The number of piperazine rings is 1. The summed E-state index contributed by atoms with van der Waals surface area (Å²) in [5.41, 5.74) is 0.307. The smallest absolute Gasteiger partial charge is 0.272 e. The molecular weight excluding hydrogens is 300 g/mol. The van der Waals surface area contributed by atoms with Gasteiger partial charge in [-0.15, -0.1) is 0 Å². The standard InChI is InChI=1S/C14H18N6O3/c1-9-17-13(23-18-9)11-7-20(5-4-19(11)2)14(21)10-6-12(22-3)16-8-15-10/h6,8,11H,4-5,7H2,1-3H3/t11-/m0/s1. The van der Waals surface area contributed by atoms with Gasteiger partial charge in [-0.25, -0.2) is 9.97 Å². The van der Waals surface area contributed by atoms with Crippen LogP contribution in [0.2, 0.25) is 0 Å². The van der Waals surface area contributed by atoms with Gasteiger partial charge in [0.1, 0.15) is 18.1 Å². The first-order valence-electron chi connectivity index (χ1n) is 7.24. The van der Waals surface area contributed by atoms with Crippen molar-refractivity contribution in [2.45, 2.75) is 13.0 Å². The van der Waals surface area contributed by atoms with E-state index in [9.17, 15) is 4.79 Å². The van der Waals surface area contributed by atoms with Gasteiger partial charge in [0.25, 0.3) is 5.91 Å². The van der Waals surface area contributed by atoms with Crippen LogP contribution < -0.4 is 4.74 Å². The Hall–Kier alpha value is -2.55. The first kappa shape index (κ1) is 15.3. The molecule has 0 N–H and O–H groups in total. The second-order valence-corrected chi connectivity index (χ2v) is 5.37. The summed E-state index contributed by atoms with van der Waals surface area (Å²) in [5.74, 6) is 1.29.